The standard InChI is InChI=1S/C14H21NO3/c1-17-8-11-3-2-4-12(7-11)13(16)14(9-15)5-6-18-10-14/h2-4,7,13,16H,5-6,8-10,15H2,1H3. The van der Waals surface area contributed by atoms with Gasteiger partial charge in [-0.1, -0.05) is 24.3 Å². The zero-order chi connectivity index (χ0) is 13.0. The van der Waals surface area contributed by atoms with E-state index in [0.29, 0.717) is 26.4 Å². The van der Waals surface area contributed by atoms with Crippen molar-refractivity contribution in [1.29, 1.82) is 0 Å². The van der Waals surface area contributed by atoms with E-state index in [1.54, 1.807) is 7.11 Å². The first kappa shape index (κ1) is 13.5. The Labute approximate surface area is 108 Å². The van der Waals surface area contributed by atoms with Crippen LogP contribution in [0.25, 0.3) is 0 Å². The average molecular weight is 251 g/mol. The van der Waals surface area contributed by atoms with Crippen LogP contribution in [0, 0.1) is 5.41 Å². The molecule has 2 unspecified atom stereocenters. The molecular formula is C14H21NO3. The van der Waals surface area contributed by atoms with E-state index >= 15 is 0 Å². The van der Waals surface area contributed by atoms with Crippen LogP contribution in [0.1, 0.15) is 23.7 Å². The number of rotatable bonds is 5. The van der Waals surface area contributed by atoms with Gasteiger partial charge < -0.3 is 20.3 Å². The minimum atomic E-state index is -0.582. The minimum absolute atomic E-state index is 0.342. The van der Waals surface area contributed by atoms with E-state index in [1.165, 1.54) is 0 Å². The third kappa shape index (κ3) is 2.57. The zero-order valence-corrected chi connectivity index (χ0v) is 10.8. The van der Waals surface area contributed by atoms with Crippen LogP contribution in [0.15, 0.2) is 24.3 Å². The Balaban J connectivity index is 2.21. The van der Waals surface area contributed by atoms with Crippen molar-refractivity contribution in [3.8, 4) is 0 Å². The molecule has 0 amide bonds. The van der Waals surface area contributed by atoms with E-state index in [0.717, 1.165) is 17.5 Å². The molecule has 0 aliphatic carbocycles. The van der Waals surface area contributed by atoms with Gasteiger partial charge in [0.1, 0.15) is 0 Å². The van der Waals surface area contributed by atoms with Gasteiger partial charge in [-0.05, 0) is 17.5 Å². The molecule has 0 saturated carbocycles. The lowest BCUT2D eigenvalue weighted by Crippen LogP contribution is -2.37. The van der Waals surface area contributed by atoms with Gasteiger partial charge in [-0.2, -0.15) is 0 Å². The van der Waals surface area contributed by atoms with Gasteiger partial charge in [0.2, 0.25) is 0 Å². The summed E-state index contributed by atoms with van der Waals surface area (Å²) in [5.74, 6) is 0. The normalized spacial score (nSPS) is 25.3. The maximum atomic E-state index is 10.6. The Morgan fingerprint density at radius 1 is 1.56 bits per heavy atom. The first-order valence-electron chi connectivity index (χ1n) is 6.25. The van der Waals surface area contributed by atoms with Crippen molar-refractivity contribution in [3.63, 3.8) is 0 Å². The summed E-state index contributed by atoms with van der Waals surface area (Å²) in [5, 5.41) is 10.6. The predicted molar refractivity (Wildman–Crippen MR) is 69.0 cm³/mol. The Hall–Kier alpha value is -0.940. The highest BCUT2D eigenvalue weighted by Gasteiger charge is 2.41. The van der Waals surface area contributed by atoms with Gasteiger partial charge >= 0.3 is 0 Å². The zero-order valence-electron chi connectivity index (χ0n) is 10.8. The Morgan fingerprint density at radius 2 is 2.39 bits per heavy atom. The van der Waals surface area contributed by atoms with Crippen LogP contribution in [0.5, 0.6) is 0 Å². The maximum absolute atomic E-state index is 10.6. The fourth-order valence-corrected chi connectivity index (χ4v) is 2.48. The van der Waals surface area contributed by atoms with Crippen LogP contribution >= 0.6 is 0 Å². The van der Waals surface area contributed by atoms with Gasteiger partial charge in [-0.25, -0.2) is 0 Å². The quantitative estimate of drug-likeness (QED) is 0.826. The van der Waals surface area contributed by atoms with Gasteiger partial charge in [0.25, 0.3) is 0 Å². The number of nitrogens with two attached hydrogens (primary N) is 1. The number of aliphatic hydroxyl groups is 1. The summed E-state index contributed by atoms with van der Waals surface area (Å²) >= 11 is 0. The first-order chi connectivity index (χ1) is 8.72. The Kier molecular flexibility index (Phi) is 4.35. The number of hydrogen-bond acceptors (Lipinski definition) is 4. The number of aliphatic hydroxyl groups excluding tert-OH is 1. The van der Waals surface area contributed by atoms with Gasteiger partial charge in [0.05, 0.1) is 19.3 Å². The van der Waals surface area contributed by atoms with E-state index in [9.17, 15) is 5.11 Å². The van der Waals surface area contributed by atoms with Crippen molar-refractivity contribution in [2.45, 2.75) is 19.1 Å². The van der Waals surface area contributed by atoms with Crippen molar-refractivity contribution in [2.75, 3.05) is 26.9 Å². The lowest BCUT2D eigenvalue weighted by Gasteiger charge is -2.31. The van der Waals surface area contributed by atoms with Crippen molar-refractivity contribution in [1.82, 2.24) is 0 Å². The second-order valence-corrected chi connectivity index (χ2v) is 4.95. The monoisotopic (exact) mass is 251 g/mol. The van der Waals surface area contributed by atoms with Gasteiger partial charge in [0, 0.05) is 25.7 Å². The second-order valence-electron chi connectivity index (χ2n) is 4.95. The maximum Gasteiger partial charge on any atom is 0.0881 e. The number of ether oxygens (including phenoxy) is 2. The summed E-state index contributed by atoms with van der Waals surface area (Å²) in [7, 11) is 1.66. The molecule has 3 N–H and O–H groups in total. The molecule has 2 rings (SSSR count). The van der Waals surface area contributed by atoms with Crippen molar-refractivity contribution in [2.24, 2.45) is 11.1 Å². The van der Waals surface area contributed by atoms with E-state index in [4.69, 9.17) is 15.2 Å². The van der Waals surface area contributed by atoms with Crippen molar-refractivity contribution in [3.05, 3.63) is 35.4 Å². The molecule has 1 saturated heterocycles. The summed E-state index contributed by atoms with van der Waals surface area (Å²) in [6, 6.07) is 7.83. The van der Waals surface area contributed by atoms with Gasteiger partial charge in [-0.15, -0.1) is 0 Å². The average Bonchev–Trinajstić information content (AvgIpc) is 2.88. The molecule has 1 aliphatic heterocycles. The third-order valence-corrected chi connectivity index (χ3v) is 3.70. The molecule has 0 bridgehead atoms. The molecular weight excluding hydrogens is 230 g/mol. The fraction of sp³-hybridized carbons (Fsp3) is 0.571. The first-order valence-corrected chi connectivity index (χ1v) is 6.25. The van der Waals surface area contributed by atoms with Gasteiger partial charge in [0.15, 0.2) is 0 Å². The highest BCUT2D eigenvalue weighted by molar-refractivity contribution is 5.26. The summed E-state index contributed by atoms with van der Waals surface area (Å²) < 4.78 is 10.5. The molecule has 1 aromatic carbocycles. The lowest BCUT2D eigenvalue weighted by molar-refractivity contribution is 0.0189. The molecule has 0 spiro atoms. The van der Waals surface area contributed by atoms with Crippen LogP contribution in [-0.2, 0) is 16.1 Å². The number of hydrogen-bond donors (Lipinski definition) is 2. The molecule has 4 heteroatoms. The minimum Gasteiger partial charge on any atom is -0.388 e. The second kappa shape index (κ2) is 5.80. The topological polar surface area (TPSA) is 64.7 Å². The fourth-order valence-electron chi connectivity index (χ4n) is 2.48. The van der Waals surface area contributed by atoms with E-state index in [2.05, 4.69) is 0 Å². The Bertz CT molecular complexity index is 388. The van der Waals surface area contributed by atoms with Crippen LogP contribution < -0.4 is 5.73 Å². The van der Waals surface area contributed by atoms with Gasteiger partial charge in [-0.3, -0.25) is 0 Å². The molecule has 18 heavy (non-hydrogen) atoms. The lowest BCUT2D eigenvalue weighted by atomic mass is 9.78. The summed E-state index contributed by atoms with van der Waals surface area (Å²) in [4.78, 5) is 0. The van der Waals surface area contributed by atoms with E-state index in [1.807, 2.05) is 24.3 Å². The Morgan fingerprint density at radius 3 is 3.00 bits per heavy atom. The number of benzene rings is 1. The smallest absolute Gasteiger partial charge is 0.0881 e. The molecule has 0 aromatic heterocycles. The molecule has 2 atom stereocenters. The molecule has 1 fully saturated rings. The largest absolute Gasteiger partial charge is 0.388 e. The molecule has 1 heterocycles. The van der Waals surface area contributed by atoms with Crippen molar-refractivity contribution < 1.29 is 14.6 Å². The summed E-state index contributed by atoms with van der Waals surface area (Å²) in [6.07, 6.45) is 0.223. The van der Waals surface area contributed by atoms with Crippen LogP contribution in [0.2, 0.25) is 0 Å². The molecule has 1 aromatic rings. The predicted octanol–water partition coefficient (Wildman–Crippen LogP) is 1.23. The van der Waals surface area contributed by atoms with E-state index < -0.39 is 6.10 Å². The van der Waals surface area contributed by atoms with Crippen molar-refractivity contribution >= 4 is 0 Å². The number of methoxy groups -OCH3 is 1. The van der Waals surface area contributed by atoms with E-state index in [-0.39, 0.29) is 5.41 Å². The molecule has 1 aliphatic rings. The highest BCUT2D eigenvalue weighted by Crippen LogP contribution is 2.40. The molecule has 0 radical (unpaired) electrons. The molecule has 4 nitrogen and oxygen atoms in total. The summed E-state index contributed by atoms with van der Waals surface area (Å²) in [5.41, 5.74) is 7.44. The van der Waals surface area contributed by atoms with Crippen LogP contribution in [-0.4, -0.2) is 32.0 Å². The molecule has 100 valence electrons. The SMILES string of the molecule is COCc1cccc(C(O)C2(CN)CCOC2)c1. The summed E-state index contributed by atoms with van der Waals surface area (Å²) in [6.45, 7) is 2.18. The highest BCUT2D eigenvalue weighted by atomic mass is 16.5. The third-order valence-electron chi connectivity index (χ3n) is 3.70. The van der Waals surface area contributed by atoms with Crippen LogP contribution in [0.4, 0.5) is 0 Å². The van der Waals surface area contributed by atoms with Crippen LogP contribution in [0.3, 0.4) is 0 Å².